The maximum Gasteiger partial charge on any atom is 0.313 e. The third kappa shape index (κ3) is 5.21. The van der Waals surface area contributed by atoms with Crippen molar-refractivity contribution in [2.75, 3.05) is 43.1 Å². The average molecular weight is 369 g/mol. The van der Waals surface area contributed by atoms with Gasteiger partial charge in [0, 0.05) is 19.6 Å². The van der Waals surface area contributed by atoms with Gasteiger partial charge in [-0.2, -0.15) is 0 Å². The number of benzene rings is 2. The molecule has 0 spiro atoms. The predicted octanol–water partition coefficient (Wildman–Crippen LogP) is 1.53. The molecule has 1 saturated heterocycles. The lowest BCUT2D eigenvalue weighted by Crippen LogP contribution is -2.38. The molecule has 1 fully saturated rings. The van der Waals surface area contributed by atoms with Crippen LogP contribution in [0.3, 0.4) is 0 Å². The molecule has 142 valence electrons. The lowest BCUT2D eigenvalue weighted by molar-refractivity contribution is -0.136. The largest absolute Gasteiger partial charge is 0.508 e. The average Bonchev–Trinajstić information content (AvgIpc) is 2.70. The van der Waals surface area contributed by atoms with Crippen molar-refractivity contribution in [1.82, 2.24) is 5.32 Å². The summed E-state index contributed by atoms with van der Waals surface area (Å²) in [5, 5.41) is 14.6. The van der Waals surface area contributed by atoms with Crippen LogP contribution in [0.15, 0.2) is 48.5 Å². The number of nitrogens with one attached hydrogen (secondary N) is 2. The summed E-state index contributed by atoms with van der Waals surface area (Å²) in [6.45, 7) is 3.10. The summed E-state index contributed by atoms with van der Waals surface area (Å²) in [5.74, 6) is -1.17. The second kappa shape index (κ2) is 9.05. The fraction of sp³-hybridized carbons (Fsp3) is 0.300. The Kier molecular flexibility index (Phi) is 6.27. The summed E-state index contributed by atoms with van der Waals surface area (Å²) in [6.07, 6.45) is 0.573. The summed E-state index contributed by atoms with van der Waals surface area (Å²) < 4.78 is 5.36. The monoisotopic (exact) mass is 369 g/mol. The smallest absolute Gasteiger partial charge is 0.313 e. The zero-order valence-corrected chi connectivity index (χ0v) is 15.0. The first-order chi connectivity index (χ1) is 13.1. The molecule has 2 aromatic rings. The Hall–Kier alpha value is -3.06. The summed E-state index contributed by atoms with van der Waals surface area (Å²) in [6, 6.07) is 14.2. The van der Waals surface area contributed by atoms with E-state index >= 15 is 0 Å². The van der Waals surface area contributed by atoms with E-state index in [1.807, 2.05) is 18.2 Å². The number of morpholine rings is 1. The number of ether oxygens (including phenoxy) is 1. The third-order valence-electron chi connectivity index (χ3n) is 4.35. The van der Waals surface area contributed by atoms with Gasteiger partial charge in [-0.05, 0) is 36.2 Å². The molecule has 1 aliphatic heterocycles. The Morgan fingerprint density at radius 1 is 1.00 bits per heavy atom. The highest BCUT2D eigenvalue weighted by atomic mass is 16.5. The van der Waals surface area contributed by atoms with Crippen LogP contribution in [0.1, 0.15) is 5.56 Å². The number of para-hydroxylation sites is 2. The number of rotatable bonds is 5. The van der Waals surface area contributed by atoms with Gasteiger partial charge in [-0.3, -0.25) is 9.59 Å². The molecule has 7 nitrogen and oxygen atoms in total. The van der Waals surface area contributed by atoms with Crippen molar-refractivity contribution in [3.05, 3.63) is 54.1 Å². The second-order valence-electron chi connectivity index (χ2n) is 6.24. The van der Waals surface area contributed by atoms with E-state index in [-0.39, 0.29) is 5.75 Å². The molecule has 1 aliphatic rings. The van der Waals surface area contributed by atoms with Gasteiger partial charge in [0.25, 0.3) is 0 Å². The SMILES string of the molecule is O=C(NCCc1ccc(O)cc1)C(=O)Nc1ccccc1N1CCOCC1. The first-order valence-corrected chi connectivity index (χ1v) is 8.92. The number of carbonyl (C=O) groups excluding carboxylic acids is 2. The Balaban J connectivity index is 1.53. The van der Waals surface area contributed by atoms with Crippen molar-refractivity contribution in [3.63, 3.8) is 0 Å². The minimum Gasteiger partial charge on any atom is -0.508 e. The fourth-order valence-corrected chi connectivity index (χ4v) is 2.90. The molecule has 2 amide bonds. The fourth-order valence-electron chi connectivity index (χ4n) is 2.90. The van der Waals surface area contributed by atoms with Crippen LogP contribution < -0.4 is 15.5 Å². The van der Waals surface area contributed by atoms with Crippen LogP contribution in [0.5, 0.6) is 5.75 Å². The van der Waals surface area contributed by atoms with Gasteiger partial charge in [-0.25, -0.2) is 0 Å². The van der Waals surface area contributed by atoms with Crippen LogP contribution in [0.4, 0.5) is 11.4 Å². The topological polar surface area (TPSA) is 90.9 Å². The molecule has 1 heterocycles. The van der Waals surface area contributed by atoms with Crippen LogP contribution in [0.2, 0.25) is 0 Å². The van der Waals surface area contributed by atoms with Gasteiger partial charge in [0.15, 0.2) is 0 Å². The van der Waals surface area contributed by atoms with E-state index in [9.17, 15) is 14.7 Å². The Morgan fingerprint density at radius 2 is 1.70 bits per heavy atom. The number of nitrogens with zero attached hydrogens (tertiary/aromatic N) is 1. The van der Waals surface area contributed by atoms with Crippen molar-refractivity contribution in [1.29, 1.82) is 0 Å². The number of aromatic hydroxyl groups is 1. The number of hydrogen-bond donors (Lipinski definition) is 3. The van der Waals surface area contributed by atoms with Gasteiger partial charge in [-0.1, -0.05) is 24.3 Å². The lowest BCUT2D eigenvalue weighted by atomic mass is 10.1. The number of phenolic OH excluding ortho intramolecular Hbond substituents is 1. The third-order valence-corrected chi connectivity index (χ3v) is 4.35. The van der Waals surface area contributed by atoms with Gasteiger partial charge >= 0.3 is 11.8 Å². The quantitative estimate of drug-likeness (QED) is 0.696. The molecule has 7 heteroatoms. The van der Waals surface area contributed by atoms with E-state index in [1.54, 1.807) is 30.3 Å². The number of anilines is 2. The molecule has 0 saturated carbocycles. The molecule has 0 atom stereocenters. The molecular formula is C20H23N3O4. The highest BCUT2D eigenvalue weighted by Crippen LogP contribution is 2.26. The van der Waals surface area contributed by atoms with E-state index in [2.05, 4.69) is 15.5 Å². The molecule has 0 radical (unpaired) electrons. The first kappa shape index (κ1) is 18.7. The molecule has 3 rings (SSSR count). The molecular weight excluding hydrogens is 346 g/mol. The van der Waals surface area contributed by atoms with Gasteiger partial charge < -0.3 is 25.4 Å². The van der Waals surface area contributed by atoms with Crippen LogP contribution in [0, 0.1) is 0 Å². The van der Waals surface area contributed by atoms with Crippen molar-refractivity contribution in [3.8, 4) is 5.75 Å². The normalized spacial score (nSPS) is 13.9. The molecule has 0 unspecified atom stereocenters. The van der Waals surface area contributed by atoms with E-state index in [1.165, 1.54) is 0 Å². The minimum absolute atomic E-state index is 0.195. The standard InChI is InChI=1S/C20H23N3O4/c24-16-7-5-15(6-8-16)9-10-21-19(25)20(26)22-17-3-1-2-4-18(17)23-11-13-27-14-12-23/h1-8,24H,9-14H2,(H,21,25)(H,22,26). The van der Waals surface area contributed by atoms with Crippen molar-refractivity contribution in [2.24, 2.45) is 0 Å². The van der Waals surface area contributed by atoms with Crippen molar-refractivity contribution in [2.45, 2.75) is 6.42 Å². The van der Waals surface area contributed by atoms with E-state index in [0.717, 1.165) is 24.3 Å². The van der Waals surface area contributed by atoms with Crippen molar-refractivity contribution < 1.29 is 19.4 Å². The summed E-state index contributed by atoms with van der Waals surface area (Å²) in [5.41, 5.74) is 2.45. The van der Waals surface area contributed by atoms with Gasteiger partial charge in [0.2, 0.25) is 0 Å². The molecule has 2 aromatic carbocycles. The number of amides is 2. The van der Waals surface area contributed by atoms with Crippen LogP contribution in [-0.4, -0.2) is 49.8 Å². The second-order valence-corrected chi connectivity index (χ2v) is 6.24. The van der Waals surface area contributed by atoms with Crippen LogP contribution in [-0.2, 0) is 20.7 Å². The highest BCUT2D eigenvalue weighted by molar-refractivity contribution is 6.39. The van der Waals surface area contributed by atoms with Gasteiger partial charge in [0.1, 0.15) is 5.75 Å². The molecule has 0 bridgehead atoms. The maximum absolute atomic E-state index is 12.2. The van der Waals surface area contributed by atoms with Gasteiger partial charge in [0.05, 0.1) is 24.6 Å². The lowest BCUT2D eigenvalue weighted by Gasteiger charge is -2.30. The molecule has 0 aromatic heterocycles. The summed E-state index contributed by atoms with van der Waals surface area (Å²) in [4.78, 5) is 26.4. The van der Waals surface area contributed by atoms with Crippen LogP contribution >= 0.6 is 0 Å². The Morgan fingerprint density at radius 3 is 2.44 bits per heavy atom. The van der Waals surface area contributed by atoms with E-state index < -0.39 is 11.8 Å². The predicted molar refractivity (Wildman–Crippen MR) is 103 cm³/mol. The summed E-state index contributed by atoms with van der Waals surface area (Å²) in [7, 11) is 0. The van der Waals surface area contributed by atoms with Crippen molar-refractivity contribution >= 4 is 23.2 Å². The number of carbonyl (C=O) groups is 2. The molecule has 27 heavy (non-hydrogen) atoms. The van der Waals surface area contributed by atoms with Gasteiger partial charge in [-0.15, -0.1) is 0 Å². The minimum atomic E-state index is -0.693. The maximum atomic E-state index is 12.2. The number of hydrogen-bond acceptors (Lipinski definition) is 5. The Labute approximate surface area is 157 Å². The zero-order valence-electron chi connectivity index (χ0n) is 15.0. The van der Waals surface area contributed by atoms with E-state index in [0.29, 0.717) is 31.9 Å². The number of phenols is 1. The van der Waals surface area contributed by atoms with E-state index in [4.69, 9.17) is 4.74 Å². The molecule has 0 aliphatic carbocycles. The summed E-state index contributed by atoms with van der Waals surface area (Å²) >= 11 is 0. The Bertz CT molecular complexity index is 786. The first-order valence-electron chi connectivity index (χ1n) is 8.92. The van der Waals surface area contributed by atoms with Crippen LogP contribution in [0.25, 0.3) is 0 Å². The zero-order chi connectivity index (χ0) is 19.1. The molecule has 3 N–H and O–H groups in total. The highest BCUT2D eigenvalue weighted by Gasteiger charge is 2.18.